The Hall–Kier alpha value is -3.37. The number of methoxy groups -OCH3 is 1. The Bertz CT molecular complexity index is 1340. The van der Waals surface area contributed by atoms with Crippen molar-refractivity contribution in [3.63, 3.8) is 0 Å². The molecule has 0 aliphatic rings. The third kappa shape index (κ3) is 3.51. The second-order valence-corrected chi connectivity index (χ2v) is 8.42. The van der Waals surface area contributed by atoms with Crippen LogP contribution in [0.25, 0.3) is 31.6 Å². The molecule has 1 N–H and O–H groups in total. The first kappa shape index (κ1) is 18.6. The van der Waals surface area contributed by atoms with Crippen LogP contribution in [-0.4, -0.2) is 12.1 Å². The number of aryl methyl sites for hydroxylation is 1. The van der Waals surface area contributed by atoms with E-state index in [1.807, 2.05) is 6.07 Å². The van der Waals surface area contributed by atoms with Gasteiger partial charge in [0.15, 0.2) is 0 Å². The summed E-state index contributed by atoms with van der Waals surface area (Å²) in [7, 11) is 1.72. The number of hydrogen-bond acceptors (Lipinski definition) is 4. The van der Waals surface area contributed by atoms with Crippen LogP contribution in [0.2, 0.25) is 0 Å². The van der Waals surface area contributed by atoms with Crippen molar-refractivity contribution in [2.24, 2.45) is 0 Å². The molecule has 0 amide bonds. The highest BCUT2D eigenvalue weighted by molar-refractivity contribution is 7.21. The van der Waals surface area contributed by atoms with Crippen molar-refractivity contribution >= 4 is 38.0 Å². The Balaban J connectivity index is 1.38. The maximum absolute atomic E-state index is 5.61. The first-order valence-corrected chi connectivity index (χ1v) is 10.8. The van der Waals surface area contributed by atoms with E-state index in [4.69, 9.17) is 9.72 Å². The van der Waals surface area contributed by atoms with Crippen molar-refractivity contribution in [2.45, 2.75) is 13.5 Å². The van der Waals surface area contributed by atoms with Crippen LogP contribution in [0.3, 0.4) is 0 Å². The van der Waals surface area contributed by atoms with Gasteiger partial charge in [-0.25, -0.2) is 4.98 Å². The molecule has 0 atom stereocenters. The maximum Gasteiger partial charge on any atom is 0.124 e. The topological polar surface area (TPSA) is 34.1 Å². The molecule has 0 bridgehead atoms. The number of nitrogens with zero attached hydrogens (tertiary/aromatic N) is 1. The standard InChI is InChI=1S/C26H22N2OS/c1-17-7-13-23-25(15-17)30-26(28-23)19-8-11-20(12-9-19)27-16-22-21-6-4-3-5-18(21)10-14-24(22)29-2/h3-15,27H,16H2,1-2H3. The van der Waals surface area contributed by atoms with Crippen LogP contribution in [0.15, 0.2) is 78.9 Å². The zero-order valence-corrected chi connectivity index (χ0v) is 17.8. The molecule has 0 aliphatic heterocycles. The zero-order chi connectivity index (χ0) is 20.5. The van der Waals surface area contributed by atoms with E-state index in [9.17, 15) is 0 Å². The monoisotopic (exact) mass is 410 g/mol. The van der Waals surface area contributed by atoms with Crippen molar-refractivity contribution in [1.29, 1.82) is 0 Å². The van der Waals surface area contributed by atoms with Crippen LogP contribution in [0.4, 0.5) is 5.69 Å². The second-order valence-electron chi connectivity index (χ2n) is 7.39. The molecule has 1 heterocycles. The summed E-state index contributed by atoms with van der Waals surface area (Å²) in [6, 6.07) is 27.5. The van der Waals surface area contributed by atoms with Gasteiger partial charge in [0.25, 0.3) is 0 Å². The van der Waals surface area contributed by atoms with E-state index >= 15 is 0 Å². The molecule has 0 radical (unpaired) electrons. The first-order chi connectivity index (χ1) is 14.7. The lowest BCUT2D eigenvalue weighted by Crippen LogP contribution is -2.02. The fourth-order valence-corrected chi connectivity index (χ4v) is 4.84. The number of benzene rings is 4. The summed E-state index contributed by atoms with van der Waals surface area (Å²) in [5.41, 5.74) is 5.71. The van der Waals surface area contributed by atoms with Crippen molar-refractivity contribution in [3.8, 4) is 16.3 Å². The van der Waals surface area contributed by atoms with Gasteiger partial charge in [0.2, 0.25) is 0 Å². The van der Waals surface area contributed by atoms with Gasteiger partial charge in [-0.05, 0) is 65.7 Å². The quantitative estimate of drug-likeness (QED) is 0.337. The Morgan fingerprint density at radius 1 is 0.933 bits per heavy atom. The maximum atomic E-state index is 5.61. The number of fused-ring (bicyclic) bond motifs is 2. The molecule has 5 rings (SSSR count). The van der Waals surface area contributed by atoms with Crippen LogP contribution in [-0.2, 0) is 6.54 Å². The molecule has 30 heavy (non-hydrogen) atoms. The predicted molar refractivity (Wildman–Crippen MR) is 128 cm³/mol. The van der Waals surface area contributed by atoms with Crippen LogP contribution < -0.4 is 10.1 Å². The smallest absolute Gasteiger partial charge is 0.124 e. The van der Waals surface area contributed by atoms with Gasteiger partial charge >= 0.3 is 0 Å². The van der Waals surface area contributed by atoms with E-state index in [0.717, 1.165) is 27.5 Å². The van der Waals surface area contributed by atoms with Crippen LogP contribution >= 0.6 is 11.3 Å². The molecule has 0 aliphatic carbocycles. The summed E-state index contributed by atoms with van der Waals surface area (Å²) in [6.45, 7) is 2.81. The summed E-state index contributed by atoms with van der Waals surface area (Å²) in [5.74, 6) is 0.905. The number of nitrogens with one attached hydrogen (secondary N) is 1. The summed E-state index contributed by atoms with van der Waals surface area (Å²) in [5, 5.41) is 7.03. The molecular weight excluding hydrogens is 388 g/mol. The predicted octanol–water partition coefficient (Wildman–Crippen LogP) is 7.05. The normalized spacial score (nSPS) is 11.1. The lowest BCUT2D eigenvalue weighted by molar-refractivity contribution is 0.411. The van der Waals surface area contributed by atoms with E-state index < -0.39 is 0 Å². The molecule has 3 nitrogen and oxygen atoms in total. The molecule has 0 saturated heterocycles. The SMILES string of the molecule is COc1ccc2ccccc2c1CNc1ccc(-c2nc3ccc(C)cc3s2)cc1. The second kappa shape index (κ2) is 7.81. The van der Waals surface area contributed by atoms with Crippen molar-refractivity contribution in [3.05, 3.63) is 90.0 Å². The molecule has 148 valence electrons. The molecule has 4 heteroatoms. The van der Waals surface area contributed by atoms with E-state index in [1.54, 1.807) is 18.4 Å². The van der Waals surface area contributed by atoms with Gasteiger partial charge in [-0.1, -0.05) is 36.4 Å². The van der Waals surface area contributed by atoms with E-state index in [-0.39, 0.29) is 0 Å². The summed E-state index contributed by atoms with van der Waals surface area (Å²) in [6.07, 6.45) is 0. The summed E-state index contributed by atoms with van der Waals surface area (Å²) >= 11 is 1.74. The number of aromatic nitrogens is 1. The highest BCUT2D eigenvalue weighted by Gasteiger charge is 2.09. The third-order valence-electron chi connectivity index (χ3n) is 5.36. The molecular formula is C26H22N2OS. The van der Waals surface area contributed by atoms with Gasteiger partial charge in [0.1, 0.15) is 10.8 Å². The van der Waals surface area contributed by atoms with Crippen molar-refractivity contribution in [1.82, 2.24) is 4.98 Å². The molecule has 5 aromatic rings. The number of thiazole rings is 1. The van der Waals surface area contributed by atoms with Crippen LogP contribution in [0.5, 0.6) is 5.75 Å². The average Bonchev–Trinajstić information content (AvgIpc) is 3.21. The van der Waals surface area contributed by atoms with Gasteiger partial charge in [-0.2, -0.15) is 0 Å². The Kier molecular flexibility index (Phi) is 4.85. The molecule has 4 aromatic carbocycles. The van der Waals surface area contributed by atoms with Crippen molar-refractivity contribution < 1.29 is 4.74 Å². The van der Waals surface area contributed by atoms with Gasteiger partial charge in [0, 0.05) is 23.4 Å². The van der Waals surface area contributed by atoms with Crippen LogP contribution in [0.1, 0.15) is 11.1 Å². The lowest BCUT2D eigenvalue weighted by Gasteiger charge is -2.14. The Morgan fingerprint density at radius 2 is 1.77 bits per heavy atom. The third-order valence-corrected chi connectivity index (χ3v) is 6.43. The fraction of sp³-hybridized carbons (Fsp3) is 0.115. The van der Waals surface area contributed by atoms with E-state index in [0.29, 0.717) is 6.54 Å². The fourth-order valence-electron chi connectivity index (χ4n) is 3.77. The molecule has 0 saturated carbocycles. The molecule has 1 aromatic heterocycles. The highest BCUT2D eigenvalue weighted by atomic mass is 32.1. The Morgan fingerprint density at radius 3 is 2.60 bits per heavy atom. The van der Waals surface area contributed by atoms with Gasteiger partial charge in [-0.15, -0.1) is 11.3 Å². The molecule has 0 unspecified atom stereocenters. The minimum absolute atomic E-state index is 0.699. The van der Waals surface area contributed by atoms with Gasteiger partial charge in [-0.3, -0.25) is 0 Å². The van der Waals surface area contributed by atoms with E-state index in [2.05, 4.69) is 85.0 Å². The van der Waals surface area contributed by atoms with Crippen molar-refractivity contribution in [2.75, 3.05) is 12.4 Å². The average molecular weight is 411 g/mol. The zero-order valence-electron chi connectivity index (χ0n) is 17.0. The number of hydrogen-bond donors (Lipinski definition) is 1. The highest BCUT2D eigenvalue weighted by Crippen LogP contribution is 2.32. The minimum Gasteiger partial charge on any atom is -0.496 e. The van der Waals surface area contributed by atoms with Gasteiger partial charge in [0.05, 0.1) is 17.3 Å². The Labute approximate surface area is 180 Å². The summed E-state index contributed by atoms with van der Waals surface area (Å²) in [4.78, 5) is 4.79. The van der Waals surface area contributed by atoms with E-state index in [1.165, 1.54) is 26.6 Å². The number of rotatable bonds is 5. The molecule has 0 fully saturated rings. The molecule has 0 spiro atoms. The van der Waals surface area contributed by atoms with Crippen LogP contribution in [0, 0.1) is 6.92 Å². The first-order valence-electron chi connectivity index (χ1n) is 9.97. The number of anilines is 1. The minimum atomic E-state index is 0.699. The van der Waals surface area contributed by atoms with Gasteiger partial charge < -0.3 is 10.1 Å². The number of ether oxygens (including phenoxy) is 1. The lowest BCUT2D eigenvalue weighted by atomic mass is 10.0. The largest absolute Gasteiger partial charge is 0.496 e. The summed E-state index contributed by atoms with van der Waals surface area (Å²) < 4.78 is 6.84.